The van der Waals surface area contributed by atoms with Crippen LogP contribution in [0.5, 0.6) is 0 Å². The number of azo groups is 1. The van der Waals surface area contributed by atoms with Crippen LogP contribution in [0.4, 0.5) is 17.1 Å². The fourth-order valence-electron chi connectivity index (χ4n) is 3.32. The SMILES string of the molecule is CC1=C([n+]2ccccc2)C(=O)[NH2+]C(=O)/C1=N\Nc1ccc(N=Nc2ccccc2)cc1.O=C([O-])CC(O)C(=O)[O-]. The van der Waals surface area contributed by atoms with Crippen LogP contribution < -0.4 is 25.5 Å². The smallest absolute Gasteiger partial charge is 0.415 e. The van der Waals surface area contributed by atoms with Gasteiger partial charge in [-0.1, -0.05) is 24.3 Å². The average molecular weight is 545 g/mol. The number of aliphatic hydroxyl groups excluding tert-OH is 1. The number of carbonyl (C=O) groups is 4. The molecule has 0 spiro atoms. The molecule has 4 N–H and O–H groups in total. The highest BCUT2D eigenvalue weighted by Gasteiger charge is 2.40. The topological polar surface area (TPSA) is 204 Å². The predicted molar refractivity (Wildman–Crippen MR) is 136 cm³/mol. The van der Waals surface area contributed by atoms with Gasteiger partial charge in [0.25, 0.3) is 0 Å². The number of hydrogen-bond acceptors (Lipinski definition) is 11. The molecule has 4 rings (SSSR count). The highest BCUT2D eigenvalue weighted by atomic mass is 16.4. The third kappa shape index (κ3) is 8.31. The second-order valence-corrected chi connectivity index (χ2v) is 8.19. The van der Waals surface area contributed by atoms with Crippen LogP contribution in [0.1, 0.15) is 13.3 Å². The number of aliphatic carboxylic acids is 2. The van der Waals surface area contributed by atoms with Crippen molar-refractivity contribution in [2.24, 2.45) is 15.3 Å². The Morgan fingerprint density at radius 2 is 1.48 bits per heavy atom. The first-order chi connectivity index (χ1) is 19.2. The first kappa shape index (κ1) is 29.2. The minimum Gasteiger partial charge on any atom is -0.550 e. The van der Waals surface area contributed by atoms with Crippen LogP contribution >= 0.6 is 0 Å². The van der Waals surface area contributed by atoms with E-state index in [9.17, 15) is 29.4 Å². The lowest BCUT2D eigenvalue weighted by Crippen LogP contribution is -2.95. The maximum Gasteiger partial charge on any atom is 0.415 e. The van der Waals surface area contributed by atoms with Gasteiger partial charge in [0.2, 0.25) is 0 Å². The van der Waals surface area contributed by atoms with Crippen LogP contribution in [0, 0.1) is 0 Å². The van der Waals surface area contributed by atoms with E-state index in [1.165, 1.54) is 0 Å². The molecule has 13 heteroatoms. The van der Waals surface area contributed by atoms with E-state index < -0.39 is 30.4 Å². The third-order valence-corrected chi connectivity index (χ3v) is 5.25. The summed E-state index contributed by atoms with van der Waals surface area (Å²) in [6.45, 7) is 1.71. The number of pyridine rings is 1. The summed E-state index contributed by atoms with van der Waals surface area (Å²) in [7, 11) is 0. The predicted octanol–water partition coefficient (Wildman–Crippen LogP) is -1.04. The van der Waals surface area contributed by atoms with Gasteiger partial charge in [-0.05, 0) is 43.3 Å². The number of amides is 2. The van der Waals surface area contributed by atoms with Crippen molar-refractivity contribution in [3.05, 3.63) is 90.8 Å². The number of nitrogens with one attached hydrogen (secondary N) is 1. The van der Waals surface area contributed by atoms with E-state index in [-0.39, 0.29) is 11.6 Å². The number of anilines is 1. The molecular weight excluding hydrogens is 520 g/mol. The van der Waals surface area contributed by atoms with E-state index in [1.807, 2.05) is 48.5 Å². The van der Waals surface area contributed by atoms with Gasteiger partial charge in [0.05, 0.1) is 34.7 Å². The van der Waals surface area contributed by atoms with Crippen molar-refractivity contribution in [2.75, 3.05) is 5.43 Å². The molecule has 2 amide bonds. The number of quaternary nitrogens is 1. The molecule has 0 aliphatic carbocycles. The Hall–Kier alpha value is -5.40. The number of primary amides is 2. The van der Waals surface area contributed by atoms with Crippen LogP contribution in [0.15, 0.2) is 106 Å². The number of carbonyl (C=O) groups excluding carboxylic acids is 4. The van der Waals surface area contributed by atoms with E-state index in [1.54, 1.807) is 48.1 Å². The lowest BCUT2D eigenvalue weighted by Gasteiger charge is -2.11. The molecule has 2 heterocycles. The summed E-state index contributed by atoms with van der Waals surface area (Å²) in [4.78, 5) is 43.9. The number of carboxylic acids is 2. The van der Waals surface area contributed by atoms with Crippen molar-refractivity contribution in [1.82, 2.24) is 0 Å². The number of imide groups is 1. The van der Waals surface area contributed by atoms with E-state index in [4.69, 9.17) is 5.11 Å². The van der Waals surface area contributed by atoms with Gasteiger partial charge in [0.15, 0.2) is 18.1 Å². The van der Waals surface area contributed by atoms with Gasteiger partial charge in [0.1, 0.15) is 0 Å². The number of nitrogens with two attached hydrogens (primary N) is 1. The summed E-state index contributed by atoms with van der Waals surface area (Å²) in [5.74, 6) is -4.19. The maximum absolute atomic E-state index is 12.4. The first-order valence-corrected chi connectivity index (χ1v) is 11.8. The second-order valence-electron chi connectivity index (χ2n) is 8.19. The summed E-state index contributed by atoms with van der Waals surface area (Å²) < 4.78 is 1.68. The van der Waals surface area contributed by atoms with Crippen LogP contribution in [0.25, 0.3) is 5.70 Å². The monoisotopic (exact) mass is 544 g/mol. The third-order valence-electron chi connectivity index (χ3n) is 5.25. The molecule has 1 aromatic heterocycles. The zero-order valence-electron chi connectivity index (χ0n) is 21.1. The first-order valence-electron chi connectivity index (χ1n) is 11.8. The Balaban J connectivity index is 0.000000424. The summed E-state index contributed by atoms with van der Waals surface area (Å²) >= 11 is 0. The molecule has 13 nitrogen and oxygen atoms in total. The molecule has 204 valence electrons. The minimum absolute atomic E-state index is 0.193. The molecule has 1 atom stereocenters. The Bertz CT molecular complexity index is 1470. The van der Waals surface area contributed by atoms with Crippen LogP contribution in [0.2, 0.25) is 0 Å². The molecular formula is C27H24N6O7. The van der Waals surface area contributed by atoms with Crippen LogP contribution in [-0.2, 0) is 19.2 Å². The van der Waals surface area contributed by atoms with Crippen LogP contribution in [-0.4, -0.2) is 40.7 Å². The highest BCUT2D eigenvalue weighted by Crippen LogP contribution is 2.20. The van der Waals surface area contributed by atoms with Crippen LogP contribution in [0.3, 0.4) is 0 Å². The van der Waals surface area contributed by atoms with E-state index >= 15 is 0 Å². The lowest BCUT2D eigenvalue weighted by atomic mass is 10.0. The van der Waals surface area contributed by atoms with Crippen molar-refractivity contribution in [3.63, 3.8) is 0 Å². The Morgan fingerprint density at radius 3 is 2.02 bits per heavy atom. The standard InChI is InChI=1S/C23H18N6O2.C4H6O5/c1-16-20(22(30)24-23(31)21(16)29-14-6-3-7-15-29)28-27-19-12-10-18(11-13-19)26-25-17-8-4-2-5-9-17;5-2(4(8)9)1-3(6)7/h2-15H,1H3,(H-,24,25,27,30,31);2,5H,1H2,(H,6,7)(H,8,9). The Morgan fingerprint density at radius 1 is 0.900 bits per heavy atom. The van der Waals surface area contributed by atoms with Crippen molar-refractivity contribution >= 4 is 52.2 Å². The maximum atomic E-state index is 12.4. The zero-order valence-corrected chi connectivity index (χ0v) is 21.1. The molecule has 0 bridgehead atoms. The number of rotatable bonds is 8. The number of hydrazone groups is 1. The van der Waals surface area contributed by atoms with Gasteiger partial charge in [0, 0.05) is 24.5 Å². The quantitative estimate of drug-likeness (QED) is 0.138. The zero-order chi connectivity index (χ0) is 29.1. The van der Waals surface area contributed by atoms with Gasteiger partial charge in [-0.15, -0.1) is 0 Å². The molecule has 1 aliphatic rings. The Kier molecular flexibility index (Phi) is 10.2. The van der Waals surface area contributed by atoms with Gasteiger partial charge in [-0.2, -0.15) is 19.9 Å². The molecule has 2 aromatic carbocycles. The number of benzene rings is 2. The second kappa shape index (κ2) is 13.9. The largest absolute Gasteiger partial charge is 0.550 e. The fraction of sp³-hybridized carbons (Fsp3) is 0.111. The van der Waals surface area contributed by atoms with E-state index in [0.29, 0.717) is 22.6 Å². The molecule has 0 fully saturated rings. The van der Waals surface area contributed by atoms with Gasteiger partial charge in [-0.25, -0.2) is 14.9 Å². The summed E-state index contributed by atoms with van der Waals surface area (Å²) in [6.07, 6.45) is 0.625. The van der Waals surface area contributed by atoms with Crippen molar-refractivity contribution in [3.8, 4) is 0 Å². The van der Waals surface area contributed by atoms with Gasteiger partial charge in [-0.3, -0.25) is 5.43 Å². The van der Waals surface area contributed by atoms with Gasteiger partial charge >= 0.3 is 17.5 Å². The summed E-state index contributed by atoms with van der Waals surface area (Å²) in [5.41, 5.74) is 6.12. The average Bonchev–Trinajstić information content (AvgIpc) is 2.93. The molecule has 1 aliphatic heterocycles. The minimum atomic E-state index is -1.96. The number of carboxylic acid groups (broad SMARTS) is 2. The molecule has 0 radical (unpaired) electrons. The van der Waals surface area contributed by atoms with Gasteiger partial charge < -0.3 is 24.9 Å². The Labute approximate surface area is 227 Å². The van der Waals surface area contributed by atoms with E-state index in [2.05, 4.69) is 20.8 Å². The normalized spacial score (nSPS) is 15.0. The molecule has 0 saturated carbocycles. The van der Waals surface area contributed by atoms with Crippen molar-refractivity contribution < 1.29 is 44.4 Å². The van der Waals surface area contributed by atoms with E-state index in [0.717, 1.165) is 11.0 Å². The molecule has 3 aromatic rings. The lowest BCUT2D eigenvalue weighted by molar-refractivity contribution is -0.590. The number of nitrogens with zero attached hydrogens (tertiary/aromatic N) is 4. The number of aliphatic hydroxyl groups is 1. The molecule has 0 saturated heterocycles. The fourth-order valence-corrected chi connectivity index (χ4v) is 3.32. The summed E-state index contributed by atoms with van der Waals surface area (Å²) in [5, 5.41) is 41.0. The van der Waals surface area contributed by atoms with Crippen molar-refractivity contribution in [1.29, 1.82) is 0 Å². The van der Waals surface area contributed by atoms with Crippen molar-refractivity contribution in [2.45, 2.75) is 19.4 Å². The number of hydrogen-bond donors (Lipinski definition) is 3. The molecule has 40 heavy (non-hydrogen) atoms. The summed E-state index contributed by atoms with van der Waals surface area (Å²) in [6, 6.07) is 22.1. The number of aromatic nitrogens is 1. The highest BCUT2D eigenvalue weighted by molar-refractivity contribution is 6.47. The molecule has 1 unspecified atom stereocenters.